The van der Waals surface area contributed by atoms with Crippen molar-refractivity contribution in [3.05, 3.63) is 23.0 Å². The molecule has 0 atom stereocenters. The Balaban J connectivity index is 3.13. The molecular weight excluding hydrogens is 168 g/mol. The van der Waals surface area contributed by atoms with Gasteiger partial charge in [-0.1, -0.05) is 0 Å². The molecule has 0 spiro atoms. The highest BCUT2D eigenvalue weighted by Crippen LogP contribution is 2.24. The molecule has 0 unspecified atom stereocenters. The van der Waals surface area contributed by atoms with Gasteiger partial charge in [0, 0.05) is 0 Å². The maximum Gasteiger partial charge on any atom is 0.175 e. The molecule has 68 valence electrons. The van der Waals surface area contributed by atoms with Crippen LogP contribution in [0.5, 0.6) is 0 Å². The zero-order chi connectivity index (χ0) is 9.46. The topological polar surface area (TPSA) is 121 Å². The number of hydrogen-bond acceptors (Lipinski definition) is 6. The fraction of sp³-hybridized carbons (Fsp3) is 0.333. The molecule has 1 aliphatic carbocycles. The van der Waals surface area contributed by atoms with Gasteiger partial charge in [0.25, 0.3) is 0 Å². The Morgan fingerprint density at radius 2 is 0.750 bits per heavy atom. The van der Waals surface area contributed by atoms with Gasteiger partial charge in [0.1, 0.15) is 0 Å². The molecular formula is C6H8O6. The molecule has 0 heterocycles. The van der Waals surface area contributed by atoms with E-state index in [1.807, 2.05) is 0 Å². The monoisotopic (exact) mass is 176 g/mol. The summed E-state index contributed by atoms with van der Waals surface area (Å²) >= 11 is 0. The molecule has 0 aromatic rings. The molecule has 0 radical (unpaired) electrons. The first-order chi connectivity index (χ1) is 5.46. The number of aliphatic hydroxyl groups is 6. The summed E-state index contributed by atoms with van der Waals surface area (Å²) in [6.45, 7) is 0. The minimum Gasteiger partial charge on any atom is -0.506 e. The van der Waals surface area contributed by atoms with Gasteiger partial charge in [-0.25, -0.2) is 0 Å². The van der Waals surface area contributed by atoms with Gasteiger partial charge in [-0.2, -0.15) is 0 Å². The molecule has 0 saturated heterocycles. The molecule has 0 aromatic heterocycles. The van der Waals surface area contributed by atoms with Crippen molar-refractivity contribution in [1.29, 1.82) is 0 Å². The van der Waals surface area contributed by atoms with Crippen molar-refractivity contribution in [3.8, 4) is 0 Å². The van der Waals surface area contributed by atoms with E-state index in [1.165, 1.54) is 0 Å². The summed E-state index contributed by atoms with van der Waals surface area (Å²) in [4.78, 5) is 0. The van der Waals surface area contributed by atoms with Crippen LogP contribution in [0.3, 0.4) is 0 Å². The van der Waals surface area contributed by atoms with Crippen LogP contribution >= 0.6 is 0 Å². The molecule has 1 rings (SSSR count). The normalized spacial score (nSPS) is 31.2. The van der Waals surface area contributed by atoms with Gasteiger partial charge in [0.2, 0.25) is 0 Å². The predicted molar refractivity (Wildman–Crippen MR) is 36.6 cm³/mol. The van der Waals surface area contributed by atoms with Gasteiger partial charge in [0.15, 0.2) is 35.2 Å². The average molecular weight is 176 g/mol. The number of aliphatic hydroxyl groups excluding tert-OH is 6. The van der Waals surface area contributed by atoms with E-state index in [4.69, 9.17) is 30.6 Å². The Labute approximate surface area is 66.9 Å². The fourth-order valence-electron chi connectivity index (χ4n) is 0.819. The zero-order valence-corrected chi connectivity index (χ0v) is 5.84. The first kappa shape index (κ1) is 8.69. The summed E-state index contributed by atoms with van der Waals surface area (Å²) in [6, 6.07) is 0. The van der Waals surface area contributed by atoms with Crippen molar-refractivity contribution in [2.24, 2.45) is 0 Å². The summed E-state index contributed by atoms with van der Waals surface area (Å²) < 4.78 is 0. The van der Waals surface area contributed by atoms with Crippen LogP contribution in [0.15, 0.2) is 23.0 Å². The zero-order valence-electron chi connectivity index (χ0n) is 5.84. The van der Waals surface area contributed by atoms with E-state index in [1.54, 1.807) is 0 Å². The molecule has 1 aliphatic rings. The van der Waals surface area contributed by atoms with Gasteiger partial charge in [-0.05, 0) is 0 Å². The van der Waals surface area contributed by atoms with Gasteiger partial charge < -0.3 is 30.6 Å². The smallest absolute Gasteiger partial charge is 0.175 e. The Kier molecular flexibility index (Phi) is 1.87. The second kappa shape index (κ2) is 2.58. The van der Waals surface area contributed by atoms with E-state index in [-0.39, 0.29) is 0 Å². The minimum atomic E-state index is -1.88. The number of rotatable bonds is 0. The summed E-state index contributed by atoms with van der Waals surface area (Å²) in [7, 11) is 0. The van der Waals surface area contributed by atoms with Gasteiger partial charge in [-0.15, -0.1) is 0 Å². The van der Waals surface area contributed by atoms with Crippen LogP contribution in [-0.2, 0) is 0 Å². The van der Waals surface area contributed by atoms with E-state index >= 15 is 0 Å². The molecule has 0 amide bonds. The minimum absolute atomic E-state index is 0.974. The second-order valence-corrected chi connectivity index (χ2v) is 2.35. The third-order valence-corrected chi connectivity index (χ3v) is 1.56. The first-order valence-electron chi connectivity index (χ1n) is 3.07. The van der Waals surface area contributed by atoms with E-state index in [0.717, 1.165) is 0 Å². The van der Waals surface area contributed by atoms with Crippen LogP contribution in [0.4, 0.5) is 0 Å². The SMILES string of the molecule is OC1=C(O)C(O)C(O)=C(O)C1O. The lowest BCUT2D eigenvalue weighted by Crippen LogP contribution is -2.30. The summed E-state index contributed by atoms with van der Waals surface area (Å²) in [5, 5.41) is 53.0. The maximum atomic E-state index is 8.86. The van der Waals surface area contributed by atoms with Crippen molar-refractivity contribution in [3.63, 3.8) is 0 Å². The molecule has 6 N–H and O–H groups in total. The van der Waals surface area contributed by atoms with Gasteiger partial charge in [-0.3, -0.25) is 0 Å². The van der Waals surface area contributed by atoms with Crippen molar-refractivity contribution in [2.75, 3.05) is 0 Å². The van der Waals surface area contributed by atoms with Crippen molar-refractivity contribution < 1.29 is 30.6 Å². The van der Waals surface area contributed by atoms with E-state index in [2.05, 4.69) is 0 Å². The lowest BCUT2D eigenvalue weighted by molar-refractivity contribution is 0.0549. The number of hydrogen-bond donors (Lipinski definition) is 6. The molecule has 12 heavy (non-hydrogen) atoms. The summed E-state index contributed by atoms with van der Waals surface area (Å²) in [5.74, 6) is -3.90. The third-order valence-electron chi connectivity index (χ3n) is 1.56. The van der Waals surface area contributed by atoms with E-state index in [9.17, 15) is 0 Å². The van der Waals surface area contributed by atoms with Crippen molar-refractivity contribution >= 4 is 0 Å². The molecule has 0 bridgehead atoms. The van der Waals surface area contributed by atoms with Crippen LogP contribution in [0.25, 0.3) is 0 Å². The van der Waals surface area contributed by atoms with Crippen molar-refractivity contribution in [1.82, 2.24) is 0 Å². The van der Waals surface area contributed by atoms with Crippen molar-refractivity contribution in [2.45, 2.75) is 12.2 Å². The third kappa shape index (κ3) is 0.973. The van der Waals surface area contributed by atoms with Crippen LogP contribution in [0.2, 0.25) is 0 Å². The molecule has 0 saturated carbocycles. The van der Waals surface area contributed by atoms with Crippen LogP contribution in [-0.4, -0.2) is 42.8 Å². The van der Waals surface area contributed by atoms with E-state index < -0.39 is 35.2 Å². The molecule has 0 aromatic carbocycles. The fourth-order valence-corrected chi connectivity index (χ4v) is 0.819. The second-order valence-electron chi connectivity index (χ2n) is 2.35. The highest BCUT2D eigenvalue weighted by molar-refractivity contribution is 5.30. The lowest BCUT2D eigenvalue weighted by atomic mass is 10.0. The Morgan fingerprint density at radius 1 is 0.583 bits per heavy atom. The Hall–Kier alpha value is -1.40. The van der Waals surface area contributed by atoms with Gasteiger partial charge >= 0.3 is 0 Å². The lowest BCUT2D eigenvalue weighted by Gasteiger charge is -2.21. The van der Waals surface area contributed by atoms with Crippen LogP contribution < -0.4 is 0 Å². The Morgan fingerprint density at radius 3 is 0.917 bits per heavy atom. The van der Waals surface area contributed by atoms with Crippen LogP contribution in [0, 0.1) is 0 Å². The highest BCUT2D eigenvalue weighted by atomic mass is 16.4. The first-order valence-corrected chi connectivity index (χ1v) is 3.07. The maximum absolute atomic E-state index is 8.86. The summed E-state index contributed by atoms with van der Waals surface area (Å²) in [5.41, 5.74) is 0. The highest BCUT2D eigenvalue weighted by Gasteiger charge is 2.35. The van der Waals surface area contributed by atoms with Gasteiger partial charge in [0.05, 0.1) is 0 Å². The summed E-state index contributed by atoms with van der Waals surface area (Å²) in [6.07, 6.45) is -3.76. The quantitative estimate of drug-likeness (QED) is 0.292. The standard InChI is InChI=1S/C6H8O6/c7-1-2(8)4(10)6(12)5(11)3(1)9/h1,6-12H. The molecule has 6 nitrogen and oxygen atoms in total. The van der Waals surface area contributed by atoms with E-state index in [0.29, 0.717) is 0 Å². The average Bonchev–Trinajstić information content (AvgIpc) is 2.08. The molecule has 0 aliphatic heterocycles. The molecule has 0 fully saturated rings. The van der Waals surface area contributed by atoms with Crippen LogP contribution in [0.1, 0.15) is 0 Å². The largest absolute Gasteiger partial charge is 0.506 e. The Bertz CT molecular complexity index is 213. The predicted octanol–water partition coefficient (Wildman–Crippen LogP) is -0.623. The molecule has 6 heteroatoms.